The molecule has 0 spiro atoms. The zero-order chi connectivity index (χ0) is 17.3. The Balaban J connectivity index is 1.74. The van der Waals surface area contributed by atoms with E-state index in [1.807, 2.05) is 36.1 Å². The van der Waals surface area contributed by atoms with Crippen LogP contribution in [0.2, 0.25) is 0 Å². The zero-order valence-electron chi connectivity index (χ0n) is 14.9. The van der Waals surface area contributed by atoms with Crippen LogP contribution in [0.1, 0.15) is 23.9 Å². The number of carbonyl (C=O) groups is 1. The Labute approximate surface area is 143 Å². The van der Waals surface area contributed by atoms with Crippen molar-refractivity contribution in [2.75, 3.05) is 26.7 Å². The predicted octanol–water partition coefficient (Wildman–Crippen LogP) is 1.59. The van der Waals surface area contributed by atoms with Gasteiger partial charge in [0.25, 0.3) is 0 Å². The fourth-order valence-corrected chi connectivity index (χ4v) is 3.21. The van der Waals surface area contributed by atoms with Gasteiger partial charge in [0.15, 0.2) is 0 Å². The first-order chi connectivity index (χ1) is 11.5. The molecule has 128 valence electrons. The van der Waals surface area contributed by atoms with E-state index in [0.717, 1.165) is 36.7 Å². The van der Waals surface area contributed by atoms with Crippen LogP contribution in [0.4, 0.5) is 0 Å². The van der Waals surface area contributed by atoms with Crippen LogP contribution in [-0.2, 0) is 11.2 Å². The number of rotatable bonds is 3. The van der Waals surface area contributed by atoms with Gasteiger partial charge in [0.05, 0.1) is 23.5 Å². The van der Waals surface area contributed by atoms with Crippen molar-refractivity contribution in [3.05, 3.63) is 41.2 Å². The van der Waals surface area contributed by atoms with Crippen molar-refractivity contribution in [1.29, 1.82) is 0 Å². The maximum atomic E-state index is 12.7. The number of piperazine rings is 1. The van der Waals surface area contributed by atoms with Gasteiger partial charge in [-0.05, 0) is 40.0 Å². The van der Waals surface area contributed by atoms with Crippen molar-refractivity contribution in [1.82, 2.24) is 24.8 Å². The lowest BCUT2D eigenvalue weighted by Crippen LogP contribution is -2.53. The third-order valence-corrected chi connectivity index (χ3v) is 4.74. The van der Waals surface area contributed by atoms with Crippen molar-refractivity contribution in [2.24, 2.45) is 0 Å². The van der Waals surface area contributed by atoms with Crippen LogP contribution in [0.5, 0.6) is 0 Å². The average Bonchev–Trinajstić information content (AvgIpc) is 2.89. The second kappa shape index (κ2) is 6.73. The molecule has 0 N–H and O–H groups in total. The zero-order valence-corrected chi connectivity index (χ0v) is 14.9. The molecule has 0 bridgehead atoms. The van der Waals surface area contributed by atoms with Gasteiger partial charge < -0.3 is 9.80 Å². The number of aromatic nitrogens is 3. The summed E-state index contributed by atoms with van der Waals surface area (Å²) >= 11 is 0. The molecule has 2 aromatic rings. The molecule has 3 rings (SSSR count). The molecule has 1 aromatic heterocycles. The lowest BCUT2D eigenvalue weighted by molar-refractivity contribution is -0.134. The smallest absolute Gasteiger partial charge is 0.229 e. The van der Waals surface area contributed by atoms with Crippen molar-refractivity contribution < 1.29 is 4.79 Å². The molecule has 1 aromatic carbocycles. The van der Waals surface area contributed by atoms with E-state index in [2.05, 4.69) is 36.1 Å². The van der Waals surface area contributed by atoms with Crippen LogP contribution in [0.3, 0.4) is 0 Å². The summed E-state index contributed by atoms with van der Waals surface area (Å²) in [5.41, 5.74) is 3.86. The standard InChI is InChI=1S/C18H25N5O/c1-13-5-7-16(8-6-13)23-15(3)17(19-20-23)11-18(24)22-10-9-21(4)12-14(22)2/h5-8,14H,9-12H2,1-4H3. The maximum Gasteiger partial charge on any atom is 0.229 e. The Bertz CT molecular complexity index is 722. The first kappa shape index (κ1) is 16.6. The van der Waals surface area contributed by atoms with E-state index in [-0.39, 0.29) is 11.9 Å². The minimum absolute atomic E-state index is 0.134. The van der Waals surface area contributed by atoms with Gasteiger partial charge in [0.1, 0.15) is 0 Å². The monoisotopic (exact) mass is 327 g/mol. The minimum atomic E-state index is 0.134. The number of amides is 1. The maximum absolute atomic E-state index is 12.7. The molecule has 1 aliphatic rings. The molecule has 1 unspecified atom stereocenters. The number of nitrogens with zero attached hydrogens (tertiary/aromatic N) is 5. The van der Waals surface area contributed by atoms with Gasteiger partial charge in [0.2, 0.25) is 5.91 Å². The molecule has 1 atom stereocenters. The quantitative estimate of drug-likeness (QED) is 0.859. The fourth-order valence-electron chi connectivity index (χ4n) is 3.21. The summed E-state index contributed by atoms with van der Waals surface area (Å²) in [6.45, 7) is 8.74. The van der Waals surface area contributed by atoms with Gasteiger partial charge in [0, 0.05) is 25.7 Å². The highest BCUT2D eigenvalue weighted by molar-refractivity contribution is 5.79. The van der Waals surface area contributed by atoms with Gasteiger partial charge in [-0.3, -0.25) is 4.79 Å². The Morgan fingerprint density at radius 1 is 1.21 bits per heavy atom. The van der Waals surface area contributed by atoms with Gasteiger partial charge >= 0.3 is 0 Å². The summed E-state index contributed by atoms with van der Waals surface area (Å²) in [5, 5.41) is 8.48. The Morgan fingerprint density at radius 2 is 1.92 bits per heavy atom. The van der Waals surface area contributed by atoms with Crippen molar-refractivity contribution in [3.63, 3.8) is 0 Å². The highest BCUT2D eigenvalue weighted by Gasteiger charge is 2.26. The van der Waals surface area contributed by atoms with Crippen LogP contribution >= 0.6 is 0 Å². The largest absolute Gasteiger partial charge is 0.337 e. The van der Waals surface area contributed by atoms with E-state index >= 15 is 0 Å². The fraction of sp³-hybridized carbons (Fsp3) is 0.500. The van der Waals surface area contributed by atoms with Crippen LogP contribution in [-0.4, -0.2) is 63.4 Å². The van der Waals surface area contributed by atoms with Crippen LogP contribution < -0.4 is 0 Å². The summed E-state index contributed by atoms with van der Waals surface area (Å²) in [7, 11) is 2.09. The van der Waals surface area contributed by atoms with Gasteiger partial charge in [-0.1, -0.05) is 22.9 Å². The molecular weight excluding hydrogens is 302 g/mol. The molecule has 1 amide bonds. The van der Waals surface area contributed by atoms with Gasteiger partial charge in [-0.25, -0.2) is 4.68 Å². The number of hydrogen-bond acceptors (Lipinski definition) is 4. The molecule has 1 saturated heterocycles. The van der Waals surface area contributed by atoms with Crippen molar-refractivity contribution in [2.45, 2.75) is 33.2 Å². The molecule has 1 aliphatic heterocycles. The van der Waals surface area contributed by atoms with Crippen LogP contribution in [0.25, 0.3) is 5.69 Å². The summed E-state index contributed by atoms with van der Waals surface area (Å²) in [6, 6.07) is 8.38. The highest BCUT2D eigenvalue weighted by atomic mass is 16.2. The van der Waals surface area contributed by atoms with Gasteiger partial charge in [-0.15, -0.1) is 5.10 Å². The normalized spacial score (nSPS) is 18.8. The Morgan fingerprint density at radius 3 is 2.58 bits per heavy atom. The van der Waals surface area contributed by atoms with Crippen molar-refractivity contribution >= 4 is 5.91 Å². The Kier molecular flexibility index (Phi) is 4.66. The number of aryl methyl sites for hydroxylation is 1. The lowest BCUT2D eigenvalue weighted by Gasteiger charge is -2.38. The summed E-state index contributed by atoms with van der Waals surface area (Å²) in [4.78, 5) is 16.9. The van der Waals surface area contributed by atoms with Crippen molar-refractivity contribution in [3.8, 4) is 5.69 Å². The molecular formula is C18H25N5O. The van der Waals surface area contributed by atoms with E-state index in [4.69, 9.17) is 0 Å². The van der Waals surface area contributed by atoms with E-state index < -0.39 is 0 Å². The summed E-state index contributed by atoms with van der Waals surface area (Å²) in [6.07, 6.45) is 0.311. The second-order valence-electron chi connectivity index (χ2n) is 6.74. The molecule has 0 saturated carbocycles. The number of hydrogen-bond donors (Lipinski definition) is 0. The number of benzene rings is 1. The molecule has 2 heterocycles. The van der Waals surface area contributed by atoms with E-state index in [0.29, 0.717) is 6.42 Å². The first-order valence-corrected chi connectivity index (χ1v) is 8.42. The summed E-state index contributed by atoms with van der Waals surface area (Å²) in [5.74, 6) is 0.134. The first-order valence-electron chi connectivity index (χ1n) is 8.42. The molecule has 1 fully saturated rings. The topological polar surface area (TPSA) is 54.3 Å². The SMILES string of the molecule is Cc1ccc(-n2nnc(CC(=O)N3CCN(C)CC3C)c2C)cc1. The van der Waals surface area contributed by atoms with E-state index in [1.165, 1.54) is 5.56 Å². The average molecular weight is 327 g/mol. The van der Waals surface area contributed by atoms with Gasteiger partial charge in [-0.2, -0.15) is 0 Å². The van der Waals surface area contributed by atoms with Crippen LogP contribution in [0, 0.1) is 13.8 Å². The number of likely N-dealkylation sites (N-methyl/N-ethyl adjacent to an activating group) is 1. The third kappa shape index (κ3) is 3.33. The molecule has 0 aliphatic carbocycles. The van der Waals surface area contributed by atoms with Crippen LogP contribution in [0.15, 0.2) is 24.3 Å². The minimum Gasteiger partial charge on any atom is -0.337 e. The van der Waals surface area contributed by atoms with E-state index in [1.54, 1.807) is 4.68 Å². The molecule has 24 heavy (non-hydrogen) atoms. The third-order valence-electron chi connectivity index (χ3n) is 4.74. The number of carbonyl (C=O) groups excluding carboxylic acids is 1. The second-order valence-corrected chi connectivity index (χ2v) is 6.74. The molecule has 0 radical (unpaired) electrons. The lowest BCUT2D eigenvalue weighted by atomic mass is 10.1. The molecule has 6 nitrogen and oxygen atoms in total. The van der Waals surface area contributed by atoms with E-state index in [9.17, 15) is 4.79 Å². The predicted molar refractivity (Wildman–Crippen MR) is 93.2 cm³/mol. The summed E-state index contributed by atoms with van der Waals surface area (Å²) < 4.78 is 1.80. The Hall–Kier alpha value is -2.21. The highest BCUT2D eigenvalue weighted by Crippen LogP contribution is 2.15. The molecule has 6 heteroatoms.